The summed E-state index contributed by atoms with van der Waals surface area (Å²) >= 11 is 6.40. The maximum atomic E-state index is 13.3. The number of benzene rings is 1. The lowest BCUT2D eigenvalue weighted by molar-refractivity contribution is -0.127. The summed E-state index contributed by atoms with van der Waals surface area (Å²) in [6.45, 7) is 0. The van der Waals surface area contributed by atoms with E-state index >= 15 is 0 Å². The van der Waals surface area contributed by atoms with Crippen molar-refractivity contribution in [3.63, 3.8) is 0 Å². The molecule has 34 heavy (non-hydrogen) atoms. The number of phenols is 1. The van der Waals surface area contributed by atoms with Gasteiger partial charge in [0.25, 0.3) is 5.91 Å². The molecule has 4 aliphatic rings. The normalized spacial score (nSPS) is 25.9. The van der Waals surface area contributed by atoms with Gasteiger partial charge in [-0.05, 0) is 36.6 Å². The van der Waals surface area contributed by atoms with E-state index in [-0.39, 0.29) is 29.1 Å². The van der Waals surface area contributed by atoms with Crippen molar-refractivity contribution in [2.24, 2.45) is 11.8 Å². The van der Waals surface area contributed by atoms with Crippen LogP contribution in [0.15, 0.2) is 69.7 Å². The minimum absolute atomic E-state index is 0.0194. The Bertz CT molecular complexity index is 1290. The highest BCUT2D eigenvalue weighted by Crippen LogP contribution is 2.52. The van der Waals surface area contributed by atoms with Gasteiger partial charge in [0.1, 0.15) is 22.8 Å². The second-order valence-electron chi connectivity index (χ2n) is 8.49. The molecule has 1 aromatic carbocycles. The summed E-state index contributed by atoms with van der Waals surface area (Å²) in [5, 5.41) is 31.4. The fourth-order valence-corrected chi connectivity index (χ4v) is 6.45. The molecule has 3 unspecified atom stereocenters. The van der Waals surface area contributed by atoms with Crippen LogP contribution in [-0.4, -0.2) is 42.9 Å². The molecule has 174 valence electrons. The van der Waals surface area contributed by atoms with Crippen LogP contribution < -0.4 is 10.9 Å². The van der Waals surface area contributed by atoms with Gasteiger partial charge in [-0.3, -0.25) is 25.2 Å². The van der Waals surface area contributed by atoms with Crippen LogP contribution in [-0.2, 0) is 9.59 Å². The molecule has 1 aromatic rings. The number of ketones is 2. The van der Waals surface area contributed by atoms with Crippen LogP contribution >= 0.6 is 24.0 Å². The van der Waals surface area contributed by atoms with Gasteiger partial charge in [0.05, 0.1) is 22.8 Å². The van der Waals surface area contributed by atoms with Crippen LogP contribution in [0.5, 0.6) is 5.75 Å². The van der Waals surface area contributed by atoms with E-state index < -0.39 is 45.9 Å². The van der Waals surface area contributed by atoms with Crippen LogP contribution in [0.1, 0.15) is 29.6 Å². The standard InChI is InChI=1S/C24H20N2O6S2/c27-13-2-1-3-15-18(13)23(31)20-16(34-15)9-10-8-14(28)19(21(29)17(10)22(20)30)24(32)26-25-11-4-6-12(33)7-5-11/h1-6,10,16-17,25,27-28,30H,7-9H2,(H,26,32). The maximum Gasteiger partial charge on any atom is 0.276 e. The number of thioether (sulfide) groups is 1. The first-order valence-electron chi connectivity index (χ1n) is 10.7. The third-order valence-corrected chi connectivity index (χ3v) is 8.03. The quantitative estimate of drug-likeness (QED) is 0.243. The van der Waals surface area contributed by atoms with Crippen LogP contribution in [0, 0.1) is 11.8 Å². The predicted octanol–water partition coefficient (Wildman–Crippen LogP) is 3.12. The molecule has 0 spiro atoms. The number of thiocarbonyl (C=S) groups is 1. The molecule has 1 amide bonds. The van der Waals surface area contributed by atoms with E-state index in [0.29, 0.717) is 23.4 Å². The monoisotopic (exact) mass is 496 g/mol. The number of aliphatic hydroxyl groups excluding tert-OH is 2. The van der Waals surface area contributed by atoms with Crippen molar-refractivity contribution in [3.8, 4) is 5.75 Å². The van der Waals surface area contributed by atoms with Gasteiger partial charge in [0.2, 0.25) is 0 Å². The van der Waals surface area contributed by atoms with E-state index in [1.807, 2.05) is 0 Å². The summed E-state index contributed by atoms with van der Waals surface area (Å²) in [5.74, 6) is -4.62. The molecular weight excluding hydrogens is 476 g/mol. The Hall–Kier alpha value is -3.37. The first-order valence-corrected chi connectivity index (χ1v) is 11.9. The smallest absolute Gasteiger partial charge is 0.276 e. The van der Waals surface area contributed by atoms with Crippen molar-refractivity contribution in [2.75, 3.05) is 0 Å². The van der Waals surface area contributed by atoms with Gasteiger partial charge in [-0.2, -0.15) is 0 Å². The zero-order valence-electron chi connectivity index (χ0n) is 17.7. The first-order chi connectivity index (χ1) is 16.3. The van der Waals surface area contributed by atoms with E-state index in [2.05, 4.69) is 10.9 Å². The van der Waals surface area contributed by atoms with Crippen molar-refractivity contribution in [1.82, 2.24) is 10.9 Å². The zero-order valence-corrected chi connectivity index (χ0v) is 19.3. The molecule has 0 aromatic heterocycles. The number of Topliss-reactive ketones (excluding diaryl/α,β-unsaturated/α-hetero) is 2. The number of rotatable bonds is 3. The number of hydrazine groups is 1. The Morgan fingerprint density at radius 3 is 2.68 bits per heavy atom. The molecule has 8 nitrogen and oxygen atoms in total. The van der Waals surface area contributed by atoms with E-state index in [1.54, 1.807) is 30.4 Å². The summed E-state index contributed by atoms with van der Waals surface area (Å²) in [7, 11) is 0. The zero-order chi connectivity index (χ0) is 24.1. The number of allylic oxidation sites excluding steroid dienone is 5. The molecule has 3 aliphatic carbocycles. The molecule has 5 rings (SSSR count). The van der Waals surface area contributed by atoms with Crippen LogP contribution in [0.2, 0.25) is 0 Å². The molecule has 1 aliphatic heterocycles. The van der Waals surface area contributed by atoms with Gasteiger partial charge in [0.15, 0.2) is 11.6 Å². The van der Waals surface area contributed by atoms with Crippen LogP contribution in [0.4, 0.5) is 0 Å². The van der Waals surface area contributed by atoms with Gasteiger partial charge in [-0.1, -0.05) is 24.4 Å². The molecule has 3 atom stereocenters. The van der Waals surface area contributed by atoms with E-state index in [0.717, 1.165) is 4.86 Å². The van der Waals surface area contributed by atoms with Crippen molar-refractivity contribution < 1.29 is 29.7 Å². The van der Waals surface area contributed by atoms with E-state index in [1.165, 1.54) is 17.8 Å². The number of nitrogens with one attached hydrogen (secondary N) is 2. The van der Waals surface area contributed by atoms with E-state index in [4.69, 9.17) is 12.2 Å². The van der Waals surface area contributed by atoms with Crippen LogP contribution in [0.25, 0.3) is 0 Å². The topological polar surface area (TPSA) is 136 Å². The Kier molecular flexibility index (Phi) is 5.57. The highest BCUT2D eigenvalue weighted by Gasteiger charge is 2.50. The number of carbonyl (C=O) groups excluding carboxylic acids is 3. The lowest BCUT2D eigenvalue weighted by atomic mass is 9.68. The Labute approximate surface area is 204 Å². The number of amides is 1. The lowest BCUT2D eigenvalue weighted by Gasteiger charge is -2.40. The molecule has 1 heterocycles. The highest BCUT2D eigenvalue weighted by atomic mass is 32.2. The molecule has 0 bridgehead atoms. The molecule has 10 heteroatoms. The summed E-state index contributed by atoms with van der Waals surface area (Å²) in [4.78, 5) is 40.6. The number of hydrogen-bond acceptors (Lipinski definition) is 9. The molecule has 5 N–H and O–H groups in total. The third kappa shape index (κ3) is 3.63. The van der Waals surface area contributed by atoms with Gasteiger partial charge >= 0.3 is 0 Å². The number of fused-ring (bicyclic) bond motifs is 3. The lowest BCUT2D eigenvalue weighted by Crippen LogP contribution is -2.46. The number of hydrogen-bond donors (Lipinski definition) is 5. The number of phenolic OH excluding ortho intramolecular Hbond substituents is 1. The molecule has 0 saturated heterocycles. The summed E-state index contributed by atoms with van der Waals surface area (Å²) < 4.78 is 0. The molecular formula is C24H20N2O6S2. The Morgan fingerprint density at radius 2 is 1.94 bits per heavy atom. The average Bonchev–Trinajstić information content (AvgIpc) is 2.78. The SMILES string of the molecule is O=C(NNC1=CCC(=S)C=C1)C1=C(O)CC2CC3Sc4cccc(O)c4C(=O)C3=C(O)C2C1=O. The van der Waals surface area contributed by atoms with Crippen molar-refractivity contribution in [3.05, 3.63) is 70.4 Å². The largest absolute Gasteiger partial charge is 0.511 e. The fraction of sp³-hybridized carbons (Fsp3) is 0.250. The molecule has 0 radical (unpaired) electrons. The van der Waals surface area contributed by atoms with Gasteiger partial charge in [-0.25, -0.2) is 0 Å². The van der Waals surface area contributed by atoms with Crippen molar-refractivity contribution in [1.29, 1.82) is 0 Å². The van der Waals surface area contributed by atoms with Gasteiger partial charge in [-0.15, -0.1) is 11.8 Å². The maximum absolute atomic E-state index is 13.3. The van der Waals surface area contributed by atoms with Gasteiger partial charge < -0.3 is 15.3 Å². The predicted molar refractivity (Wildman–Crippen MR) is 128 cm³/mol. The van der Waals surface area contributed by atoms with E-state index in [9.17, 15) is 29.7 Å². The Morgan fingerprint density at radius 1 is 1.15 bits per heavy atom. The van der Waals surface area contributed by atoms with Crippen molar-refractivity contribution >= 4 is 46.3 Å². The Balaban J connectivity index is 1.42. The molecule has 0 saturated carbocycles. The van der Waals surface area contributed by atoms with Gasteiger partial charge in [0, 0.05) is 27.9 Å². The van der Waals surface area contributed by atoms with Crippen molar-refractivity contribution in [2.45, 2.75) is 29.4 Å². The average molecular weight is 497 g/mol. The fourth-order valence-electron chi connectivity index (χ4n) is 4.83. The highest BCUT2D eigenvalue weighted by molar-refractivity contribution is 8.00. The summed E-state index contributed by atoms with van der Waals surface area (Å²) in [6, 6.07) is 4.76. The minimum atomic E-state index is -1.12. The number of carbonyl (C=O) groups is 3. The number of aliphatic hydroxyl groups is 2. The summed E-state index contributed by atoms with van der Waals surface area (Å²) in [5.41, 5.74) is 5.39. The second-order valence-corrected chi connectivity index (χ2v) is 10.3. The molecule has 0 fully saturated rings. The third-order valence-electron chi connectivity index (χ3n) is 6.42. The summed E-state index contributed by atoms with van der Waals surface area (Å²) in [6.07, 6.45) is 6.08. The minimum Gasteiger partial charge on any atom is -0.511 e. The number of aromatic hydroxyl groups is 1. The van der Waals surface area contributed by atoms with Crippen LogP contribution in [0.3, 0.4) is 0 Å². The second kappa shape index (κ2) is 8.44. The first kappa shape index (κ1) is 22.4.